The first kappa shape index (κ1) is 5.61. The Bertz CT molecular complexity index is 153. The van der Waals surface area contributed by atoms with Gasteiger partial charge >= 0.3 is 0 Å². The Morgan fingerprint density at radius 1 is 1.25 bits per heavy atom. The second-order valence-corrected chi connectivity index (χ2v) is 2.38. The molecule has 8 heavy (non-hydrogen) atoms. The predicted octanol–water partition coefficient (Wildman–Crippen LogP) is 2.48. The molecule has 0 fully saturated rings. The van der Waals surface area contributed by atoms with E-state index in [0.29, 0.717) is 0 Å². The largest absolute Gasteiger partial charge is 0.0657 e. The number of hydrogen-bond acceptors (Lipinski definition) is 0. The molecule has 1 radical (unpaired) electrons. The lowest BCUT2D eigenvalue weighted by molar-refractivity contribution is 1.20. The van der Waals surface area contributed by atoms with Crippen molar-refractivity contribution in [3.8, 4) is 0 Å². The molecule has 0 bridgehead atoms. The van der Waals surface area contributed by atoms with Crippen molar-refractivity contribution in [2.45, 2.75) is 27.2 Å². The predicted molar refractivity (Wildman–Crippen MR) is 35.4 cm³/mol. The van der Waals surface area contributed by atoms with Crippen LogP contribution in [0.5, 0.6) is 0 Å². The lowest BCUT2D eigenvalue weighted by atomic mass is 10.1. The topological polar surface area (TPSA) is 0 Å². The standard InChI is InChI=1S/C8H11/c1-6-4-5-7(2)8(6)3/h4H2,1-3H3. The van der Waals surface area contributed by atoms with Gasteiger partial charge in [-0.15, -0.1) is 0 Å². The molecular weight excluding hydrogens is 96.1 g/mol. The maximum atomic E-state index is 3.26. The van der Waals surface area contributed by atoms with E-state index in [-0.39, 0.29) is 0 Å². The lowest BCUT2D eigenvalue weighted by Gasteiger charge is -1.93. The maximum Gasteiger partial charge on any atom is -0.00584 e. The van der Waals surface area contributed by atoms with Crippen LogP contribution >= 0.6 is 0 Å². The molecule has 0 saturated heterocycles. The first-order valence-corrected chi connectivity index (χ1v) is 2.96. The molecule has 1 aliphatic rings. The van der Waals surface area contributed by atoms with Gasteiger partial charge in [0.15, 0.2) is 0 Å². The van der Waals surface area contributed by atoms with E-state index in [9.17, 15) is 0 Å². The van der Waals surface area contributed by atoms with E-state index in [1.807, 2.05) is 0 Å². The van der Waals surface area contributed by atoms with Crippen LogP contribution in [0.15, 0.2) is 16.7 Å². The zero-order valence-electron chi connectivity index (χ0n) is 5.71. The zero-order chi connectivity index (χ0) is 6.15. The van der Waals surface area contributed by atoms with Crippen LogP contribution < -0.4 is 0 Å². The lowest BCUT2D eigenvalue weighted by Crippen LogP contribution is -1.73. The number of hydrogen-bond donors (Lipinski definition) is 0. The van der Waals surface area contributed by atoms with Gasteiger partial charge in [-0.05, 0) is 44.4 Å². The Hall–Kier alpha value is -0.520. The normalized spacial score (nSPS) is 19.6. The summed E-state index contributed by atoms with van der Waals surface area (Å²) in [7, 11) is 0. The second kappa shape index (κ2) is 1.77. The van der Waals surface area contributed by atoms with Crippen LogP contribution in [0, 0.1) is 6.08 Å². The van der Waals surface area contributed by atoms with Crippen molar-refractivity contribution in [3.63, 3.8) is 0 Å². The van der Waals surface area contributed by atoms with Gasteiger partial charge in [-0.2, -0.15) is 0 Å². The SMILES string of the molecule is CC1=[C]CC(C)=C1C. The van der Waals surface area contributed by atoms with Crippen molar-refractivity contribution >= 4 is 0 Å². The molecule has 0 amide bonds. The number of allylic oxidation sites excluding steroid dienone is 4. The molecular formula is C8H11. The van der Waals surface area contributed by atoms with Gasteiger partial charge in [-0.1, -0.05) is 5.57 Å². The Morgan fingerprint density at radius 2 is 1.88 bits per heavy atom. The summed E-state index contributed by atoms with van der Waals surface area (Å²) in [4.78, 5) is 0. The summed E-state index contributed by atoms with van der Waals surface area (Å²) < 4.78 is 0. The van der Waals surface area contributed by atoms with Gasteiger partial charge < -0.3 is 0 Å². The van der Waals surface area contributed by atoms with E-state index >= 15 is 0 Å². The molecule has 0 atom stereocenters. The summed E-state index contributed by atoms with van der Waals surface area (Å²) in [6.07, 6.45) is 4.31. The van der Waals surface area contributed by atoms with Crippen molar-refractivity contribution in [2.75, 3.05) is 0 Å². The van der Waals surface area contributed by atoms with Crippen LogP contribution in [0.1, 0.15) is 27.2 Å². The minimum Gasteiger partial charge on any atom is -0.0657 e. The fourth-order valence-corrected chi connectivity index (χ4v) is 0.850. The molecule has 0 unspecified atom stereocenters. The summed E-state index contributed by atoms with van der Waals surface area (Å²) >= 11 is 0. The Morgan fingerprint density at radius 3 is 2.00 bits per heavy atom. The minimum absolute atomic E-state index is 1.05. The highest BCUT2D eigenvalue weighted by Gasteiger charge is 2.04. The van der Waals surface area contributed by atoms with Gasteiger partial charge in [0.05, 0.1) is 0 Å². The van der Waals surface area contributed by atoms with E-state index in [4.69, 9.17) is 0 Å². The van der Waals surface area contributed by atoms with E-state index in [0.717, 1.165) is 6.42 Å². The number of rotatable bonds is 0. The van der Waals surface area contributed by atoms with Crippen LogP contribution in [0.25, 0.3) is 0 Å². The summed E-state index contributed by atoms with van der Waals surface area (Å²) in [5.74, 6) is 0. The van der Waals surface area contributed by atoms with Crippen LogP contribution in [-0.4, -0.2) is 0 Å². The Balaban J connectivity index is 2.88. The second-order valence-electron chi connectivity index (χ2n) is 2.38. The molecule has 0 N–H and O–H groups in total. The first-order valence-electron chi connectivity index (χ1n) is 2.96. The molecule has 0 saturated carbocycles. The molecule has 43 valence electrons. The molecule has 1 aliphatic carbocycles. The van der Waals surface area contributed by atoms with Crippen LogP contribution in [-0.2, 0) is 0 Å². The Kier molecular flexibility index (Phi) is 1.24. The van der Waals surface area contributed by atoms with Crippen molar-refractivity contribution < 1.29 is 0 Å². The van der Waals surface area contributed by atoms with Gasteiger partial charge in [-0.3, -0.25) is 0 Å². The van der Waals surface area contributed by atoms with E-state index in [1.54, 1.807) is 0 Å². The van der Waals surface area contributed by atoms with Gasteiger partial charge in [-0.25, -0.2) is 0 Å². The van der Waals surface area contributed by atoms with Crippen molar-refractivity contribution in [3.05, 3.63) is 22.8 Å². The van der Waals surface area contributed by atoms with Crippen molar-refractivity contribution in [1.82, 2.24) is 0 Å². The highest BCUT2D eigenvalue weighted by atomic mass is 14.1. The summed E-state index contributed by atoms with van der Waals surface area (Å²) in [6, 6.07) is 0. The molecule has 0 aromatic heterocycles. The molecule has 0 nitrogen and oxygen atoms in total. The fourth-order valence-electron chi connectivity index (χ4n) is 0.850. The average molecular weight is 107 g/mol. The van der Waals surface area contributed by atoms with E-state index in [1.165, 1.54) is 16.7 Å². The summed E-state index contributed by atoms with van der Waals surface area (Å²) in [6.45, 7) is 6.44. The van der Waals surface area contributed by atoms with Crippen molar-refractivity contribution in [2.24, 2.45) is 0 Å². The van der Waals surface area contributed by atoms with E-state index in [2.05, 4.69) is 26.8 Å². The highest BCUT2D eigenvalue weighted by Crippen LogP contribution is 2.23. The average Bonchev–Trinajstić information content (AvgIpc) is 1.98. The minimum atomic E-state index is 1.05. The Labute approximate surface area is 50.9 Å². The van der Waals surface area contributed by atoms with Crippen LogP contribution in [0.2, 0.25) is 0 Å². The van der Waals surface area contributed by atoms with Gasteiger partial charge in [0.1, 0.15) is 0 Å². The first-order chi connectivity index (χ1) is 3.72. The quantitative estimate of drug-likeness (QED) is 0.446. The zero-order valence-corrected chi connectivity index (χ0v) is 5.71. The molecule has 0 heterocycles. The molecule has 1 rings (SSSR count). The third-order valence-corrected chi connectivity index (χ3v) is 1.82. The third-order valence-electron chi connectivity index (χ3n) is 1.82. The summed E-state index contributed by atoms with van der Waals surface area (Å²) in [5, 5.41) is 0. The molecule has 0 aliphatic heterocycles. The highest BCUT2D eigenvalue weighted by molar-refractivity contribution is 5.35. The van der Waals surface area contributed by atoms with E-state index < -0.39 is 0 Å². The van der Waals surface area contributed by atoms with Crippen LogP contribution in [0.4, 0.5) is 0 Å². The van der Waals surface area contributed by atoms with Gasteiger partial charge in [0, 0.05) is 0 Å². The molecule has 0 aromatic rings. The van der Waals surface area contributed by atoms with Gasteiger partial charge in [0.2, 0.25) is 0 Å². The smallest absolute Gasteiger partial charge is 0.00584 e. The molecule has 0 aromatic carbocycles. The summed E-state index contributed by atoms with van der Waals surface area (Å²) in [5.41, 5.74) is 4.25. The van der Waals surface area contributed by atoms with Gasteiger partial charge in [0.25, 0.3) is 0 Å². The third kappa shape index (κ3) is 0.706. The van der Waals surface area contributed by atoms with Crippen LogP contribution in [0.3, 0.4) is 0 Å². The molecule has 0 heteroatoms. The maximum absolute atomic E-state index is 3.26. The fraction of sp³-hybridized carbons (Fsp3) is 0.500. The van der Waals surface area contributed by atoms with Crippen molar-refractivity contribution in [1.29, 1.82) is 0 Å². The molecule has 0 spiro atoms. The monoisotopic (exact) mass is 107 g/mol.